The largest absolute Gasteiger partial charge is 0.456 e. The van der Waals surface area contributed by atoms with Crippen molar-refractivity contribution < 1.29 is 10.0 Å². The summed E-state index contributed by atoms with van der Waals surface area (Å²) in [5.74, 6) is 0. The van der Waals surface area contributed by atoms with Gasteiger partial charge >= 0.3 is 7.12 Å². The van der Waals surface area contributed by atoms with E-state index in [0.717, 1.165) is 5.56 Å². The van der Waals surface area contributed by atoms with Gasteiger partial charge in [0.25, 0.3) is 0 Å². The predicted octanol–water partition coefficient (Wildman–Crippen LogP) is 0.894. The fourth-order valence-electron chi connectivity index (χ4n) is 0.875. The molecule has 0 bridgehead atoms. The lowest BCUT2D eigenvalue weighted by Crippen LogP contribution is -2.14. The predicted molar refractivity (Wildman–Crippen MR) is 45.3 cm³/mol. The summed E-state index contributed by atoms with van der Waals surface area (Å²) in [5, 5.41) is 17.8. The summed E-state index contributed by atoms with van der Waals surface area (Å²) in [5.41, 5.74) is 0.826. The minimum Gasteiger partial charge on any atom is -0.427 e. The van der Waals surface area contributed by atoms with Crippen molar-refractivity contribution >= 4 is 18.7 Å². The first-order chi connectivity index (χ1) is 5.18. The maximum atomic E-state index is 8.61. The van der Waals surface area contributed by atoms with Gasteiger partial charge in [-0.3, -0.25) is 0 Å². The molecular formula is C7H8BClO2. The van der Waals surface area contributed by atoms with Crippen LogP contribution in [0.25, 0.3) is 0 Å². The summed E-state index contributed by atoms with van der Waals surface area (Å²) in [6.07, 6.45) is 0.223. The van der Waals surface area contributed by atoms with Gasteiger partial charge in [0.05, 0.1) is 0 Å². The molecule has 1 aromatic rings. The summed E-state index contributed by atoms with van der Waals surface area (Å²) < 4.78 is 0. The topological polar surface area (TPSA) is 40.5 Å². The van der Waals surface area contributed by atoms with Gasteiger partial charge in [-0.1, -0.05) is 23.7 Å². The Morgan fingerprint density at radius 1 is 1.36 bits per heavy atom. The third-order valence-corrected chi connectivity index (χ3v) is 1.54. The molecule has 0 aromatic heterocycles. The van der Waals surface area contributed by atoms with Crippen molar-refractivity contribution in [2.75, 3.05) is 0 Å². The number of benzene rings is 1. The Hall–Kier alpha value is -0.505. The first-order valence-electron chi connectivity index (χ1n) is 3.29. The third kappa shape index (κ3) is 2.93. The number of hydrogen-bond donors (Lipinski definition) is 2. The van der Waals surface area contributed by atoms with Gasteiger partial charge in [-0.25, -0.2) is 0 Å². The standard InChI is InChI=1S/C7H8BClO2/c9-7-3-1-2-6(4-7)5-8(10)11/h1-4,10-11H,5H2. The molecule has 0 heterocycles. The van der Waals surface area contributed by atoms with Crippen LogP contribution in [0.4, 0.5) is 0 Å². The number of hydrogen-bond acceptors (Lipinski definition) is 2. The van der Waals surface area contributed by atoms with Crippen molar-refractivity contribution in [2.24, 2.45) is 0 Å². The average Bonchev–Trinajstić information content (AvgIpc) is 1.85. The van der Waals surface area contributed by atoms with Gasteiger partial charge in [0.15, 0.2) is 0 Å². The summed E-state index contributed by atoms with van der Waals surface area (Å²) in [6, 6.07) is 7.03. The van der Waals surface area contributed by atoms with Crippen molar-refractivity contribution in [3.8, 4) is 0 Å². The lowest BCUT2D eigenvalue weighted by atomic mass is 9.82. The monoisotopic (exact) mass is 170 g/mol. The highest BCUT2D eigenvalue weighted by Gasteiger charge is 2.07. The van der Waals surface area contributed by atoms with E-state index in [1.54, 1.807) is 24.3 Å². The molecule has 0 radical (unpaired) electrons. The molecule has 0 aliphatic carbocycles. The van der Waals surface area contributed by atoms with Gasteiger partial charge in [-0.05, 0) is 17.7 Å². The maximum Gasteiger partial charge on any atom is 0.456 e. The average molecular weight is 170 g/mol. The first-order valence-corrected chi connectivity index (χ1v) is 3.67. The fraction of sp³-hybridized carbons (Fsp3) is 0.143. The zero-order chi connectivity index (χ0) is 8.27. The highest BCUT2D eigenvalue weighted by atomic mass is 35.5. The molecule has 0 unspecified atom stereocenters. The van der Waals surface area contributed by atoms with E-state index >= 15 is 0 Å². The molecule has 0 saturated carbocycles. The minimum absolute atomic E-state index is 0.223. The Labute approximate surface area is 70.6 Å². The van der Waals surface area contributed by atoms with E-state index in [2.05, 4.69) is 0 Å². The molecule has 0 aliphatic heterocycles. The maximum absolute atomic E-state index is 8.61. The van der Waals surface area contributed by atoms with E-state index in [9.17, 15) is 0 Å². The molecule has 1 rings (SSSR count). The molecule has 1 aromatic carbocycles. The molecule has 58 valence electrons. The lowest BCUT2D eigenvalue weighted by Gasteiger charge is -1.98. The highest BCUT2D eigenvalue weighted by Crippen LogP contribution is 2.10. The second-order valence-corrected chi connectivity index (χ2v) is 2.75. The summed E-state index contributed by atoms with van der Waals surface area (Å²) in [4.78, 5) is 0. The molecule has 2 nitrogen and oxygen atoms in total. The molecule has 0 spiro atoms. The Kier molecular flexibility index (Phi) is 2.94. The second-order valence-electron chi connectivity index (χ2n) is 2.31. The molecule has 4 heteroatoms. The van der Waals surface area contributed by atoms with Gasteiger partial charge in [0, 0.05) is 11.3 Å². The van der Waals surface area contributed by atoms with E-state index < -0.39 is 7.12 Å². The first kappa shape index (κ1) is 8.59. The fourth-order valence-corrected chi connectivity index (χ4v) is 1.09. The summed E-state index contributed by atoms with van der Waals surface area (Å²) in [6.45, 7) is 0. The van der Waals surface area contributed by atoms with Crippen molar-refractivity contribution in [1.82, 2.24) is 0 Å². The van der Waals surface area contributed by atoms with Crippen LogP contribution in [0, 0.1) is 0 Å². The molecule has 11 heavy (non-hydrogen) atoms. The molecule has 0 aliphatic rings. The van der Waals surface area contributed by atoms with Crippen LogP contribution < -0.4 is 0 Å². The number of halogens is 1. The number of rotatable bonds is 2. The molecule has 2 N–H and O–H groups in total. The van der Waals surface area contributed by atoms with Gasteiger partial charge in [-0.2, -0.15) is 0 Å². The minimum atomic E-state index is -1.30. The summed E-state index contributed by atoms with van der Waals surface area (Å²) >= 11 is 5.67. The van der Waals surface area contributed by atoms with Crippen molar-refractivity contribution in [1.29, 1.82) is 0 Å². The van der Waals surface area contributed by atoms with Gasteiger partial charge in [0.2, 0.25) is 0 Å². The Bertz CT molecular complexity index is 240. The zero-order valence-corrected chi connectivity index (χ0v) is 6.62. The normalized spacial score (nSPS) is 9.73. The smallest absolute Gasteiger partial charge is 0.427 e. The van der Waals surface area contributed by atoms with E-state index in [4.69, 9.17) is 21.6 Å². The van der Waals surface area contributed by atoms with Crippen LogP contribution in [0.2, 0.25) is 5.02 Å². The van der Waals surface area contributed by atoms with E-state index in [1.165, 1.54) is 0 Å². The van der Waals surface area contributed by atoms with Crippen LogP contribution in [-0.2, 0) is 6.32 Å². The van der Waals surface area contributed by atoms with Crippen molar-refractivity contribution in [2.45, 2.75) is 6.32 Å². The van der Waals surface area contributed by atoms with Crippen molar-refractivity contribution in [3.05, 3.63) is 34.9 Å². The van der Waals surface area contributed by atoms with E-state index in [1.807, 2.05) is 0 Å². The molecule has 0 fully saturated rings. The van der Waals surface area contributed by atoms with E-state index in [-0.39, 0.29) is 6.32 Å². The lowest BCUT2D eigenvalue weighted by molar-refractivity contribution is 0.405. The third-order valence-electron chi connectivity index (χ3n) is 1.31. The molecular weight excluding hydrogens is 162 g/mol. The van der Waals surface area contributed by atoms with Gasteiger partial charge in [0.1, 0.15) is 0 Å². The second kappa shape index (κ2) is 3.76. The van der Waals surface area contributed by atoms with Gasteiger partial charge < -0.3 is 10.0 Å². The van der Waals surface area contributed by atoms with Crippen LogP contribution >= 0.6 is 11.6 Å². The van der Waals surface area contributed by atoms with E-state index in [0.29, 0.717) is 5.02 Å². The van der Waals surface area contributed by atoms with Crippen LogP contribution in [0.3, 0.4) is 0 Å². The quantitative estimate of drug-likeness (QED) is 0.647. The van der Waals surface area contributed by atoms with Crippen LogP contribution in [0.15, 0.2) is 24.3 Å². The highest BCUT2D eigenvalue weighted by molar-refractivity contribution is 6.40. The molecule has 0 atom stereocenters. The molecule has 0 amide bonds. The molecule has 0 saturated heterocycles. The zero-order valence-electron chi connectivity index (χ0n) is 5.87. The van der Waals surface area contributed by atoms with Crippen LogP contribution in [0.1, 0.15) is 5.56 Å². The Balaban J connectivity index is 2.71. The Morgan fingerprint density at radius 3 is 2.64 bits per heavy atom. The van der Waals surface area contributed by atoms with Crippen LogP contribution in [-0.4, -0.2) is 17.2 Å². The van der Waals surface area contributed by atoms with Crippen molar-refractivity contribution in [3.63, 3.8) is 0 Å². The van der Waals surface area contributed by atoms with Gasteiger partial charge in [-0.15, -0.1) is 0 Å². The SMILES string of the molecule is OB(O)Cc1cccc(Cl)c1. The summed E-state index contributed by atoms with van der Waals surface area (Å²) in [7, 11) is -1.30. The van der Waals surface area contributed by atoms with Crippen LogP contribution in [0.5, 0.6) is 0 Å². The Morgan fingerprint density at radius 2 is 2.09 bits per heavy atom.